The van der Waals surface area contributed by atoms with Crippen molar-refractivity contribution in [3.05, 3.63) is 23.3 Å². The quantitative estimate of drug-likeness (QED) is 0.636. The number of benzene rings is 1. The highest BCUT2D eigenvalue weighted by molar-refractivity contribution is 5.78. The average molecular weight is 192 g/mol. The van der Waals surface area contributed by atoms with Gasteiger partial charge in [-0.2, -0.15) is 15.4 Å². The van der Waals surface area contributed by atoms with Crippen LogP contribution in [-0.2, 0) is 13.0 Å². The van der Waals surface area contributed by atoms with Crippen molar-refractivity contribution in [2.45, 2.75) is 13.0 Å². The first-order valence-corrected chi connectivity index (χ1v) is 4.49. The van der Waals surface area contributed by atoms with E-state index in [1.807, 2.05) is 12.1 Å². The second-order valence-electron chi connectivity index (χ2n) is 3.07. The molecule has 0 saturated carbocycles. The zero-order valence-electron chi connectivity index (χ0n) is 7.70. The molecule has 1 heterocycles. The Balaban J connectivity index is 2.60. The van der Waals surface area contributed by atoms with Crippen LogP contribution in [0.1, 0.15) is 11.1 Å². The highest BCUT2D eigenvalue weighted by Crippen LogP contribution is 2.18. The molecule has 0 amide bonds. The third-order valence-electron chi connectivity index (χ3n) is 2.28. The number of rotatable bonds is 3. The van der Waals surface area contributed by atoms with Crippen LogP contribution >= 0.6 is 0 Å². The van der Waals surface area contributed by atoms with Crippen LogP contribution < -0.4 is 5.73 Å². The number of fused-ring (bicyclic) bond motifs is 1. The van der Waals surface area contributed by atoms with E-state index in [9.17, 15) is 0 Å². The van der Waals surface area contributed by atoms with Crippen molar-refractivity contribution in [1.29, 1.82) is 0 Å². The number of hydrogen-bond donors (Lipinski definition) is 3. The summed E-state index contributed by atoms with van der Waals surface area (Å²) in [5, 5.41) is 19.5. The summed E-state index contributed by atoms with van der Waals surface area (Å²) in [6.07, 6.45) is 0.606. The summed E-state index contributed by atoms with van der Waals surface area (Å²) in [5.74, 6) is 0. The Labute approximate surface area is 80.9 Å². The van der Waals surface area contributed by atoms with Gasteiger partial charge in [-0.15, -0.1) is 0 Å². The van der Waals surface area contributed by atoms with E-state index in [0.29, 0.717) is 13.0 Å². The minimum absolute atomic E-state index is 0.121. The molecule has 0 aliphatic carbocycles. The number of aromatic amines is 1. The lowest BCUT2D eigenvalue weighted by Gasteiger charge is -2.05. The number of aliphatic hydroxyl groups excluding tert-OH is 1. The van der Waals surface area contributed by atoms with E-state index in [0.717, 1.165) is 22.2 Å². The van der Waals surface area contributed by atoms with Gasteiger partial charge in [0.15, 0.2) is 0 Å². The second kappa shape index (κ2) is 3.73. The van der Waals surface area contributed by atoms with Gasteiger partial charge >= 0.3 is 0 Å². The summed E-state index contributed by atoms with van der Waals surface area (Å²) in [7, 11) is 0. The molecule has 1 aromatic carbocycles. The molecule has 1 aromatic heterocycles. The smallest absolute Gasteiger partial charge is 0.117 e. The topological polar surface area (TPSA) is 87.8 Å². The Kier molecular flexibility index (Phi) is 2.43. The molecule has 5 nitrogen and oxygen atoms in total. The number of nitrogens with one attached hydrogen (secondary N) is 1. The molecule has 2 rings (SSSR count). The summed E-state index contributed by atoms with van der Waals surface area (Å²) in [6, 6.07) is 3.81. The molecule has 0 aliphatic heterocycles. The zero-order chi connectivity index (χ0) is 9.97. The maximum atomic E-state index is 8.88. The van der Waals surface area contributed by atoms with E-state index in [2.05, 4.69) is 15.4 Å². The second-order valence-corrected chi connectivity index (χ2v) is 3.07. The lowest BCUT2D eigenvalue weighted by Crippen LogP contribution is -2.04. The van der Waals surface area contributed by atoms with E-state index in [1.54, 1.807) is 0 Å². The van der Waals surface area contributed by atoms with Gasteiger partial charge in [0.05, 0.1) is 0 Å². The molecule has 0 spiro atoms. The molecule has 5 heteroatoms. The average Bonchev–Trinajstić information content (AvgIpc) is 2.66. The molecular weight excluding hydrogens is 180 g/mol. The maximum Gasteiger partial charge on any atom is 0.117 e. The van der Waals surface area contributed by atoms with E-state index in [-0.39, 0.29) is 6.61 Å². The molecule has 0 fully saturated rings. The number of H-pyrrole nitrogens is 1. The Bertz CT molecular complexity index is 437. The minimum atomic E-state index is 0.121. The Morgan fingerprint density at radius 3 is 2.93 bits per heavy atom. The number of aliphatic hydroxyl groups is 1. The SMILES string of the molecule is NCc1c(CCO)ccc2n[nH]nc12. The molecule has 4 N–H and O–H groups in total. The van der Waals surface area contributed by atoms with Crippen LogP contribution in [0, 0.1) is 0 Å². The van der Waals surface area contributed by atoms with Crippen molar-refractivity contribution in [2.24, 2.45) is 5.73 Å². The van der Waals surface area contributed by atoms with Crippen LogP contribution in [0.15, 0.2) is 12.1 Å². The van der Waals surface area contributed by atoms with Gasteiger partial charge in [-0.1, -0.05) is 6.07 Å². The first kappa shape index (κ1) is 9.11. The van der Waals surface area contributed by atoms with E-state index >= 15 is 0 Å². The van der Waals surface area contributed by atoms with Crippen molar-refractivity contribution in [3.63, 3.8) is 0 Å². The van der Waals surface area contributed by atoms with Gasteiger partial charge < -0.3 is 10.8 Å². The summed E-state index contributed by atoms with van der Waals surface area (Å²) in [5.41, 5.74) is 9.26. The van der Waals surface area contributed by atoms with Crippen molar-refractivity contribution < 1.29 is 5.11 Å². The fraction of sp³-hybridized carbons (Fsp3) is 0.333. The van der Waals surface area contributed by atoms with Gasteiger partial charge in [0.25, 0.3) is 0 Å². The van der Waals surface area contributed by atoms with Crippen LogP contribution in [0.3, 0.4) is 0 Å². The van der Waals surface area contributed by atoms with Crippen molar-refractivity contribution >= 4 is 11.0 Å². The van der Waals surface area contributed by atoms with Gasteiger partial charge in [-0.3, -0.25) is 0 Å². The summed E-state index contributed by atoms with van der Waals surface area (Å²) >= 11 is 0. The van der Waals surface area contributed by atoms with Gasteiger partial charge in [-0.25, -0.2) is 0 Å². The molecule has 0 unspecified atom stereocenters. The summed E-state index contributed by atoms with van der Waals surface area (Å²) in [4.78, 5) is 0. The van der Waals surface area contributed by atoms with Crippen LogP contribution in [0.4, 0.5) is 0 Å². The Hall–Kier alpha value is -1.46. The van der Waals surface area contributed by atoms with Crippen LogP contribution in [0.25, 0.3) is 11.0 Å². The predicted molar refractivity (Wildman–Crippen MR) is 52.6 cm³/mol. The lowest BCUT2D eigenvalue weighted by atomic mass is 10.0. The van der Waals surface area contributed by atoms with Gasteiger partial charge in [0.1, 0.15) is 11.0 Å². The fourth-order valence-corrected chi connectivity index (χ4v) is 1.59. The number of hydrogen-bond acceptors (Lipinski definition) is 4. The molecular formula is C9H12N4O. The zero-order valence-corrected chi connectivity index (χ0v) is 7.70. The molecule has 0 atom stereocenters. The van der Waals surface area contributed by atoms with Crippen molar-refractivity contribution in [1.82, 2.24) is 15.4 Å². The minimum Gasteiger partial charge on any atom is -0.396 e. The number of nitrogens with zero attached hydrogens (tertiary/aromatic N) is 2. The number of aromatic nitrogens is 3. The first-order chi connectivity index (χ1) is 6.86. The van der Waals surface area contributed by atoms with E-state index in [4.69, 9.17) is 10.8 Å². The van der Waals surface area contributed by atoms with Crippen molar-refractivity contribution in [3.8, 4) is 0 Å². The van der Waals surface area contributed by atoms with Crippen LogP contribution in [0.2, 0.25) is 0 Å². The summed E-state index contributed by atoms with van der Waals surface area (Å²) in [6.45, 7) is 0.537. The molecule has 74 valence electrons. The monoisotopic (exact) mass is 192 g/mol. The molecule has 14 heavy (non-hydrogen) atoms. The van der Waals surface area contributed by atoms with Gasteiger partial charge in [0, 0.05) is 13.2 Å². The third-order valence-corrected chi connectivity index (χ3v) is 2.28. The summed E-state index contributed by atoms with van der Waals surface area (Å²) < 4.78 is 0. The lowest BCUT2D eigenvalue weighted by molar-refractivity contribution is 0.299. The van der Waals surface area contributed by atoms with E-state index in [1.165, 1.54) is 0 Å². The molecule has 0 aliphatic rings. The number of nitrogens with two attached hydrogens (primary N) is 1. The Morgan fingerprint density at radius 2 is 2.21 bits per heavy atom. The highest BCUT2D eigenvalue weighted by Gasteiger charge is 2.08. The Morgan fingerprint density at radius 1 is 1.36 bits per heavy atom. The van der Waals surface area contributed by atoms with Crippen LogP contribution in [0.5, 0.6) is 0 Å². The highest BCUT2D eigenvalue weighted by atomic mass is 16.2. The van der Waals surface area contributed by atoms with Gasteiger partial charge in [-0.05, 0) is 23.6 Å². The van der Waals surface area contributed by atoms with Gasteiger partial charge in [0.2, 0.25) is 0 Å². The maximum absolute atomic E-state index is 8.88. The van der Waals surface area contributed by atoms with E-state index < -0.39 is 0 Å². The normalized spacial score (nSPS) is 11.0. The van der Waals surface area contributed by atoms with Crippen LogP contribution in [-0.4, -0.2) is 27.1 Å². The molecule has 2 aromatic rings. The standard InChI is InChI=1S/C9H12N4O/c10-5-7-6(3-4-14)1-2-8-9(7)12-13-11-8/h1-2,14H,3-5,10H2,(H,11,12,13). The molecule has 0 bridgehead atoms. The molecule has 0 radical (unpaired) electrons. The first-order valence-electron chi connectivity index (χ1n) is 4.49. The molecule has 0 saturated heterocycles. The fourth-order valence-electron chi connectivity index (χ4n) is 1.59. The largest absolute Gasteiger partial charge is 0.396 e. The van der Waals surface area contributed by atoms with Crippen molar-refractivity contribution in [2.75, 3.05) is 6.61 Å². The third kappa shape index (κ3) is 1.36. The predicted octanol–water partition coefficient (Wildman–Crippen LogP) is -0.0486.